The lowest BCUT2D eigenvalue weighted by Crippen LogP contribution is -2.09. The summed E-state index contributed by atoms with van der Waals surface area (Å²) in [5.74, 6) is -0.650. The third-order valence-electron chi connectivity index (χ3n) is 2.45. The van der Waals surface area contributed by atoms with Crippen molar-refractivity contribution < 1.29 is 17.6 Å². The molecule has 0 saturated carbocycles. The first-order valence-electron chi connectivity index (χ1n) is 5.19. The third kappa shape index (κ3) is 2.91. The van der Waals surface area contributed by atoms with E-state index >= 15 is 0 Å². The Morgan fingerprint density at radius 1 is 1.26 bits per heavy atom. The van der Waals surface area contributed by atoms with Crippen molar-refractivity contribution in [1.82, 2.24) is 9.78 Å². The summed E-state index contributed by atoms with van der Waals surface area (Å²) in [5, 5.41) is 11.9. The lowest BCUT2D eigenvalue weighted by Gasteiger charge is -2.05. The van der Waals surface area contributed by atoms with Crippen molar-refractivity contribution in [1.29, 1.82) is 5.26 Å². The largest absolute Gasteiger partial charge is 0.435 e. The van der Waals surface area contributed by atoms with E-state index in [-0.39, 0.29) is 17.7 Å². The van der Waals surface area contributed by atoms with Crippen molar-refractivity contribution in [2.24, 2.45) is 0 Å². The Morgan fingerprint density at radius 2 is 2.00 bits per heavy atom. The Balaban J connectivity index is 2.22. The zero-order valence-corrected chi connectivity index (χ0v) is 9.45. The molecule has 19 heavy (non-hydrogen) atoms. The van der Waals surface area contributed by atoms with E-state index in [1.807, 2.05) is 0 Å². The fourth-order valence-electron chi connectivity index (χ4n) is 1.52. The summed E-state index contributed by atoms with van der Waals surface area (Å²) in [7, 11) is 0. The van der Waals surface area contributed by atoms with E-state index in [4.69, 9.17) is 5.26 Å². The number of halogens is 4. The molecule has 0 aliphatic carbocycles. The van der Waals surface area contributed by atoms with E-state index in [0.717, 1.165) is 23.0 Å². The van der Waals surface area contributed by atoms with Gasteiger partial charge in [0, 0.05) is 11.8 Å². The minimum atomic E-state index is -4.52. The zero-order chi connectivity index (χ0) is 14.0. The molecular formula is C12H7F4N3. The molecule has 7 heteroatoms. The number of rotatable bonds is 2. The molecule has 2 rings (SSSR count). The van der Waals surface area contributed by atoms with E-state index in [2.05, 4.69) is 5.10 Å². The number of alkyl halides is 3. The van der Waals surface area contributed by atoms with Crippen LogP contribution in [-0.2, 0) is 12.7 Å². The highest BCUT2D eigenvalue weighted by Crippen LogP contribution is 2.27. The van der Waals surface area contributed by atoms with Gasteiger partial charge in [-0.25, -0.2) is 4.39 Å². The maximum absolute atomic E-state index is 13.5. The molecule has 1 heterocycles. The van der Waals surface area contributed by atoms with Crippen LogP contribution < -0.4 is 0 Å². The molecule has 0 atom stereocenters. The fraction of sp³-hybridized carbons (Fsp3) is 0.167. The van der Waals surface area contributed by atoms with Gasteiger partial charge in [0.15, 0.2) is 5.69 Å². The van der Waals surface area contributed by atoms with Crippen LogP contribution in [0.1, 0.15) is 16.8 Å². The molecule has 0 amide bonds. The predicted molar refractivity (Wildman–Crippen MR) is 57.4 cm³/mol. The Hall–Kier alpha value is -2.36. The van der Waals surface area contributed by atoms with Crippen LogP contribution in [0.15, 0.2) is 30.5 Å². The van der Waals surface area contributed by atoms with Gasteiger partial charge in [0.25, 0.3) is 0 Å². The molecule has 0 aliphatic heterocycles. The van der Waals surface area contributed by atoms with Crippen molar-refractivity contribution in [3.63, 3.8) is 0 Å². The highest BCUT2D eigenvalue weighted by Gasteiger charge is 2.33. The minimum absolute atomic E-state index is 0.131. The molecule has 0 aliphatic rings. The molecule has 1 aromatic heterocycles. The van der Waals surface area contributed by atoms with Gasteiger partial charge in [-0.3, -0.25) is 4.68 Å². The van der Waals surface area contributed by atoms with Crippen LogP contribution in [-0.4, -0.2) is 9.78 Å². The highest BCUT2D eigenvalue weighted by molar-refractivity contribution is 5.32. The first-order chi connectivity index (χ1) is 8.90. The molecule has 0 radical (unpaired) electrons. The summed E-state index contributed by atoms with van der Waals surface area (Å²) < 4.78 is 51.5. The molecule has 0 saturated heterocycles. The van der Waals surface area contributed by atoms with Crippen molar-refractivity contribution in [2.45, 2.75) is 12.7 Å². The lowest BCUT2D eigenvalue weighted by molar-refractivity contribution is -0.141. The van der Waals surface area contributed by atoms with Crippen molar-refractivity contribution >= 4 is 0 Å². The summed E-state index contributed by atoms with van der Waals surface area (Å²) >= 11 is 0. The van der Waals surface area contributed by atoms with E-state index in [1.165, 1.54) is 12.1 Å². The molecular weight excluding hydrogens is 262 g/mol. The Bertz CT molecular complexity index is 637. The smallest absolute Gasteiger partial charge is 0.268 e. The Labute approximate surface area is 105 Å². The minimum Gasteiger partial charge on any atom is -0.268 e. The number of benzene rings is 1. The maximum atomic E-state index is 13.5. The van der Waals surface area contributed by atoms with E-state index in [9.17, 15) is 17.6 Å². The maximum Gasteiger partial charge on any atom is 0.435 e. The number of nitriles is 1. The van der Waals surface area contributed by atoms with Gasteiger partial charge in [-0.15, -0.1) is 0 Å². The molecule has 98 valence electrons. The second-order valence-corrected chi connectivity index (χ2v) is 3.81. The second-order valence-electron chi connectivity index (χ2n) is 3.81. The van der Waals surface area contributed by atoms with Crippen LogP contribution in [0.4, 0.5) is 17.6 Å². The summed E-state index contributed by atoms with van der Waals surface area (Å²) in [6, 6.07) is 6.37. The van der Waals surface area contributed by atoms with Crippen LogP contribution in [0.25, 0.3) is 0 Å². The molecule has 2 aromatic rings. The molecule has 0 N–H and O–H groups in total. The zero-order valence-electron chi connectivity index (χ0n) is 9.45. The summed E-state index contributed by atoms with van der Waals surface area (Å²) in [6.45, 7) is -0.131. The Kier molecular flexibility index (Phi) is 3.25. The van der Waals surface area contributed by atoms with Gasteiger partial charge >= 0.3 is 6.18 Å². The SMILES string of the molecule is N#Cc1ccc(Cn2ccc(C(F)(F)F)n2)c(F)c1. The average molecular weight is 269 g/mol. The molecule has 1 aromatic carbocycles. The van der Waals surface area contributed by atoms with Crippen molar-refractivity contribution in [2.75, 3.05) is 0 Å². The third-order valence-corrected chi connectivity index (χ3v) is 2.45. The van der Waals surface area contributed by atoms with Gasteiger partial charge < -0.3 is 0 Å². The predicted octanol–water partition coefficient (Wildman–Crippen LogP) is 2.96. The fourth-order valence-corrected chi connectivity index (χ4v) is 1.52. The van der Waals surface area contributed by atoms with Gasteiger partial charge in [-0.05, 0) is 18.2 Å². The van der Waals surface area contributed by atoms with Gasteiger partial charge in [0.1, 0.15) is 5.82 Å². The molecule has 0 fully saturated rings. The van der Waals surface area contributed by atoms with Crippen LogP contribution in [0.5, 0.6) is 0 Å². The number of hydrogen-bond acceptors (Lipinski definition) is 2. The molecule has 0 unspecified atom stereocenters. The Morgan fingerprint density at radius 3 is 2.53 bits per heavy atom. The van der Waals surface area contributed by atoms with Crippen LogP contribution in [0, 0.1) is 17.1 Å². The van der Waals surface area contributed by atoms with Gasteiger partial charge in [0.05, 0.1) is 18.2 Å². The first kappa shape index (κ1) is 13.1. The first-order valence-corrected chi connectivity index (χ1v) is 5.19. The molecule has 0 spiro atoms. The standard InChI is InChI=1S/C12H7F4N3/c13-10-5-8(6-17)1-2-9(10)7-19-4-3-11(18-19)12(14,15)16/h1-5H,7H2. The highest BCUT2D eigenvalue weighted by atomic mass is 19.4. The topological polar surface area (TPSA) is 41.6 Å². The van der Waals surface area contributed by atoms with Gasteiger partial charge in [-0.2, -0.15) is 23.5 Å². The summed E-state index contributed by atoms with van der Waals surface area (Å²) in [4.78, 5) is 0. The lowest BCUT2D eigenvalue weighted by atomic mass is 10.1. The van der Waals surface area contributed by atoms with Gasteiger partial charge in [0.2, 0.25) is 0 Å². The van der Waals surface area contributed by atoms with Crippen LogP contribution in [0.2, 0.25) is 0 Å². The van der Waals surface area contributed by atoms with E-state index < -0.39 is 17.7 Å². The van der Waals surface area contributed by atoms with Crippen molar-refractivity contribution in [3.05, 3.63) is 53.1 Å². The normalized spacial score (nSPS) is 11.3. The number of hydrogen-bond donors (Lipinski definition) is 0. The van der Waals surface area contributed by atoms with Gasteiger partial charge in [-0.1, -0.05) is 6.07 Å². The van der Waals surface area contributed by atoms with E-state index in [0.29, 0.717) is 0 Å². The van der Waals surface area contributed by atoms with E-state index in [1.54, 1.807) is 6.07 Å². The number of nitrogens with zero attached hydrogens (tertiary/aromatic N) is 3. The van der Waals surface area contributed by atoms with Crippen LogP contribution in [0.3, 0.4) is 0 Å². The summed E-state index contributed by atoms with van der Waals surface area (Å²) in [5.41, 5.74) is -0.713. The quantitative estimate of drug-likeness (QED) is 0.786. The second kappa shape index (κ2) is 4.72. The summed E-state index contributed by atoms with van der Waals surface area (Å²) in [6.07, 6.45) is -3.39. The molecule has 3 nitrogen and oxygen atoms in total. The van der Waals surface area contributed by atoms with Crippen LogP contribution >= 0.6 is 0 Å². The molecule has 0 bridgehead atoms. The monoisotopic (exact) mass is 269 g/mol. The number of aromatic nitrogens is 2. The van der Waals surface area contributed by atoms with Crippen molar-refractivity contribution in [3.8, 4) is 6.07 Å². The average Bonchev–Trinajstić information content (AvgIpc) is 2.80.